The van der Waals surface area contributed by atoms with Crippen LogP contribution in [0.25, 0.3) is 10.9 Å². The molecule has 1 heterocycles. The number of H-pyrrole nitrogens is 1. The number of halogens is 1. The van der Waals surface area contributed by atoms with Crippen LogP contribution < -0.4 is 5.73 Å². The minimum atomic E-state index is 0.712. The number of aromatic amines is 1. The third-order valence-electron chi connectivity index (χ3n) is 1.68. The van der Waals surface area contributed by atoms with Crippen LogP contribution in [0.5, 0.6) is 0 Å². The van der Waals surface area contributed by atoms with E-state index in [0.29, 0.717) is 5.02 Å². The molecule has 0 aliphatic rings. The third-order valence-corrected chi connectivity index (χ3v) is 1.91. The minimum absolute atomic E-state index is 0.712. The summed E-state index contributed by atoms with van der Waals surface area (Å²) in [5.74, 6) is 0. The van der Waals surface area contributed by atoms with Crippen LogP contribution >= 0.6 is 11.6 Å². The number of nitrogens with one attached hydrogen (secondary N) is 1. The highest BCUT2D eigenvalue weighted by Crippen LogP contribution is 2.23. The van der Waals surface area contributed by atoms with Gasteiger partial charge >= 0.3 is 0 Å². The number of aromatic nitrogens is 1. The molecule has 0 saturated carbocycles. The molecule has 0 aliphatic carbocycles. The van der Waals surface area contributed by atoms with E-state index >= 15 is 0 Å². The Morgan fingerprint density at radius 1 is 1.36 bits per heavy atom. The molecule has 0 bridgehead atoms. The van der Waals surface area contributed by atoms with Crippen LogP contribution in [0, 0.1) is 0 Å². The van der Waals surface area contributed by atoms with Crippen LogP contribution in [-0.2, 0) is 0 Å². The van der Waals surface area contributed by atoms with Crippen molar-refractivity contribution < 1.29 is 0 Å². The van der Waals surface area contributed by atoms with E-state index in [0.717, 1.165) is 16.6 Å². The van der Waals surface area contributed by atoms with Gasteiger partial charge in [0.2, 0.25) is 0 Å². The molecule has 2 aromatic rings. The largest absolute Gasteiger partial charge is 0.397 e. The molecule has 0 spiro atoms. The highest BCUT2D eigenvalue weighted by Gasteiger charge is 1.98. The van der Waals surface area contributed by atoms with Gasteiger partial charge in [-0.1, -0.05) is 11.6 Å². The maximum Gasteiger partial charge on any atom is 0.0572 e. The molecule has 0 unspecified atom stereocenters. The first-order valence-electron chi connectivity index (χ1n) is 3.29. The van der Waals surface area contributed by atoms with E-state index in [4.69, 9.17) is 17.3 Å². The summed E-state index contributed by atoms with van der Waals surface area (Å²) in [7, 11) is 0. The summed E-state index contributed by atoms with van der Waals surface area (Å²) >= 11 is 5.78. The molecule has 11 heavy (non-hydrogen) atoms. The number of rotatable bonds is 0. The van der Waals surface area contributed by atoms with Crippen LogP contribution in [-0.4, -0.2) is 4.98 Å². The Kier molecular flexibility index (Phi) is 1.29. The number of fused-ring (bicyclic) bond motifs is 1. The monoisotopic (exact) mass is 166 g/mol. The van der Waals surface area contributed by atoms with Crippen LogP contribution in [0.15, 0.2) is 24.4 Å². The predicted octanol–water partition coefficient (Wildman–Crippen LogP) is 2.40. The number of benzene rings is 1. The summed E-state index contributed by atoms with van der Waals surface area (Å²) in [4.78, 5) is 3.03. The zero-order valence-electron chi connectivity index (χ0n) is 5.76. The normalized spacial score (nSPS) is 10.6. The summed E-state index contributed by atoms with van der Waals surface area (Å²) in [6.07, 6.45) is 1.76. The second-order valence-corrected chi connectivity index (χ2v) is 2.87. The van der Waals surface area contributed by atoms with Gasteiger partial charge in [-0.25, -0.2) is 0 Å². The van der Waals surface area contributed by atoms with E-state index in [-0.39, 0.29) is 0 Å². The summed E-state index contributed by atoms with van der Waals surface area (Å²) < 4.78 is 0. The third kappa shape index (κ3) is 0.955. The number of nitrogens with two attached hydrogens (primary N) is 1. The lowest BCUT2D eigenvalue weighted by Gasteiger charge is -1.91. The molecule has 1 aromatic heterocycles. The van der Waals surface area contributed by atoms with Gasteiger partial charge in [0.25, 0.3) is 0 Å². The number of hydrogen-bond acceptors (Lipinski definition) is 1. The Hall–Kier alpha value is -1.15. The topological polar surface area (TPSA) is 41.8 Å². The molecule has 3 heteroatoms. The molecular weight excluding hydrogens is 160 g/mol. The second-order valence-electron chi connectivity index (χ2n) is 2.43. The van der Waals surface area contributed by atoms with Gasteiger partial charge < -0.3 is 10.7 Å². The number of hydrogen-bond donors (Lipinski definition) is 2. The molecule has 1 aromatic carbocycles. The zero-order chi connectivity index (χ0) is 7.84. The summed E-state index contributed by atoms with van der Waals surface area (Å²) in [5, 5.41) is 1.70. The van der Waals surface area contributed by atoms with Gasteiger partial charge in [0.1, 0.15) is 0 Å². The van der Waals surface area contributed by atoms with Crippen molar-refractivity contribution in [2.24, 2.45) is 0 Å². The minimum Gasteiger partial charge on any atom is -0.397 e. The van der Waals surface area contributed by atoms with Gasteiger partial charge in [0, 0.05) is 22.1 Å². The molecule has 0 fully saturated rings. The predicted molar refractivity (Wildman–Crippen MR) is 47.7 cm³/mol. The molecule has 0 radical (unpaired) electrons. The van der Waals surface area contributed by atoms with Crippen molar-refractivity contribution in [1.29, 1.82) is 0 Å². The molecule has 0 aliphatic heterocycles. The van der Waals surface area contributed by atoms with E-state index < -0.39 is 0 Å². The van der Waals surface area contributed by atoms with Crippen LogP contribution in [0.2, 0.25) is 5.02 Å². The molecule has 2 rings (SSSR count). The fraction of sp³-hybridized carbons (Fsp3) is 0. The first-order valence-corrected chi connectivity index (χ1v) is 3.67. The van der Waals surface area contributed by atoms with E-state index in [1.807, 2.05) is 18.2 Å². The van der Waals surface area contributed by atoms with Crippen LogP contribution in [0.4, 0.5) is 5.69 Å². The maximum absolute atomic E-state index is 5.78. The van der Waals surface area contributed by atoms with Crippen molar-refractivity contribution in [2.45, 2.75) is 0 Å². The number of nitrogen functional groups attached to an aromatic ring is 1. The fourth-order valence-corrected chi connectivity index (χ4v) is 1.29. The Morgan fingerprint density at radius 3 is 3.00 bits per heavy atom. The van der Waals surface area contributed by atoms with Gasteiger partial charge in [-0.15, -0.1) is 0 Å². The number of anilines is 1. The van der Waals surface area contributed by atoms with Gasteiger partial charge in [-0.3, -0.25) is 0 Å². The van der Waals surface area contributed by atoms with Gasteiger partial charge in [0.05, 0.1) is 5.69 Å². The Labute approximate surface area is 69.0 Å². The van der Waals surface area contributed by atoms with Crippen molar-refractivity contribution in [1.82, 2.24) is 4.98 Å². The summed E-state index contributed by atoms with van der Waals surface area (Å²) in [5.41, 5.74) is 7.41. The van der Waals surface area contributed by atoms with Crippen LogP contribution in [0.3, 0.4) is 0 Å². The van der Waals surface area contributed by atoms with Gasteiger partial charge in [0.15, 0.2) is 0 Å². The molecule has 56 valence electrons. The highest BCUT2D eigenvalue weighted by molar-refractivity contribution is 6.31. The van der Waals surface area contributed by atoms with Crippen molar-refractivity contribution in [3.8, 4) is 0 Å². The van der Waals surface area contributed by atoms with Crippen molar-refractivity contribution in [3.63, 3.8) is 0 Å². The van der Waals surface area contributed by atoms with Crippen molar-refractivity contribution in [2.75, 3.05) is 5.73 Å². The first kappa shape index (κ1) is 6.55. The van der Waals surface area contributed by atoms with Crippen LogP contribution in [0.1, 0.15) is 0 Å². The molecule has 0 amide bonds. The molecular formula is C8H7ClN2. The lowest BCUT2D eigenvalue weighted by Crippen LogP contribution is -1.79. The van der Waals surface area contributed by atoms with E-state index in [1.54, 1.807) is 6.20 Å². The smallest absolute Gasteiger partial charge is 0.0572 e. The maximum atomic E-state index is 5.78. The molecule has 3 N–H and O–H groups in total. The van der Waals surface area contributed by atoms with Gasteiger partial charge in [-0.05, 0) is 18.2 Å². The standard InChI is InChI=1S/C8H7ClN2/c9-5-1-2-8-6(3-5)7(10)4-11-8/h1-4,11H,10H2. The lowest BCUT2D eigenvalue weighted by molar-refractivity contribution is 1.48. The lowest BCUT2D eigenvalue weighted by atomic mass is 10.2. The quantitative estimate of drug-likeness (QED) is 0.620. The SMILES string of the molecule is Nc1c[nH]c2ccc(Cl)cc12. The molecule has 2 nitrogen and oxygen atoms in total. The van der Waals surface area contributed by atoms with Gasteiger partial charge in [-0.2, -0.15) is 0 Å². The Morgan fingerprint density at radius 2 is 2.18 bits per heavy atom. The van der Waals surface area contributed by atoms with Crippen molar-refractivity contribution >= 4 is 28.2 Å². The average Bonchev–Trinajstić information content (AvgIpc) is 2.33. The fourth-order valence-electron chi connectivity index (χ4n) is 1.11. The Bertz CT molecular complexity index is 392. The summed E-state index contributed by atoms with van der Waals surface area (Å²) in [6.45, 7) is 0. The second kappa shape index (κ2) is 2.17. The average molecular weight is 167 g/mol. The Balaban J connectivity index is 2.87. The highest BCUT2D eigenvalue weighted by atomic mass is 35.5. The van der Waals surface area contributed by atoms with E-state index in [9.17, 15) is 0 Å². The van der Waals surface area contributed by atoms with E-state index in [2.05, 4.69) is 4.98 Å². The first-order chi connectivity index (χ1) is 5.27. The van der Waals surface area contributed by atoms with Crippen molar-refractivity contribution in [3.05, 3.63) is 29.4 Å². The van der Waals surface area contributed by atoms with E-state index in [1.165, 1.54) is 0 Å². The zero-order valence-corrected chi connectivity index (χ0v) is 6.52. The molecule has 0 saturated heterocycles. The molecule has 0 atom stereocenters. The summed E-state index contributed by atoms with van der Waals surface area (Å²) in [6, 6.07) is 5.59.